The minimum absolute atomic E-state index is 0.582. The second kappa shape index (κ2) is 5.41. The SMILES string of the molecule is CCOCc1c2c(C)cccc2c(OC)c2occ(C)c12. The van der Waals surface area contributed by atoms with Crippen molar-refractivity contribution in [2.75, 3.05) is 13.7 Å². The van der Waals surface area contributed by atoms with E-state index >= 15 is 0 Å². The number of aryl methyl sites for hydroxylation is 2. The third kappa shape index (κ3) is 2.09. The number of methoxy groups -OCH3 is 1. The summed E-state index contributed by atoms with van der Waals surface area (Å²) < 4.78 is 17.1. The third-order valence-corrected chi connectivity index (χ3v) is 3.96. The summed E-state index contributed by atoms with van der Waals surface area (Å²) in [6, 6.07) is 6.25. The van der Waals surface area contributed by atoms with Crippen LogP contribution < -0.4 is 4.74 Å². The maximum Gasteiger partial charge on any atom is 0.176 e. The summed E-state index contributed by atoms with van der Waals surface area (Å²) in [5.74, 6) is 0.803. The molecule has 21 heavy (non-hydrogen) atoms. The number of furan rings is 1. The van der Waals surface area contributed by atoms with Gasteiger partial charge in [-0.1, -0.05) is 18.2 Å². The van der Waals surface area contributed by atoms with Crippen molar-refractivity contribution in [1.29, 1.82) is 0 Å². The van der Waals surface area contributed by atoms with E-state index in [1.54, 1.807) is 13.4 Å². The van der Waals surface area contributed by atoms with Crippen molar-refractivity contribution in [3.63, 3.8) is 0 Å². The van der Waals surface area contributed by atoms with E-state index in [0.29, 0.717) is 13.2 Å². The lowest BCUT2D eigenvalue weighted by molar-refractivity contribution is 0.136. The predicted molar refractivity (Wildman–Crippen MR) is 85.1 cm³/mol. The lowest BCUT2D eigenvalue weighted by atomic mass is 9.95. The molecule has 0 radical (unpaired) electrons. The van der Waals surface area contributed by atoms with Crippen LogP contribution in [-0.2, 0) is 11.3 Å². The van der Waals surface area contributed by atoms with Crippen molar-refractivity contribution in [3.8, 4) is 5.75 Å². The molecular weight excluding hydrogens is 264 g/mol. The van der Waals surface area contributed by atoms with Crippen LogP contribution in [0.4, 0.5) is 0 Å². The van der Waals surface area contributed by atoms with E-state index < -0.39 is 0 Å². The molecule has 1 heterocycles. The molecule has 0 fully saturated rings. The number of fused-ring (bicyclic) bond motifs is 2. The van der Waals surface area contributed by atoms with Crippen LogP contribution in [0.5, 0.6) is 5.75 Å². The molecule has 0 aliphatic carbocycles. The van der Waals surface area contributed by atoms with Crippen LogP contribution in [0.1, 0.15) is 23.6 Å². The van der Waals surface area contributed by atoms with Gasteiger partial charge in [0.1, 0.15) is 0 Å². The molecule has 0 spiro atoms. The first kappa shape index (κ1) is 14.0. The highest BCUT2D eigenvalue weighted by Crippen LogP contribution is 2.41. The van der Waals surface area contributed by atoms with Crippen LogP contribution >= 0.6 is 0 Å². The van der Waals surface area contributed by atoms with Gasteiger partial charge in [-0.25, -0.2) is 0 Å². The third-order valence-electron chi connectivity index (χ3n) is 3.96. The molecule has 0 amide bonds. The molecule has 0 saturated heterocycles. The van der Waals surface area contributed by atoms with Gasteiger partial charge in [-0.15, -0.1) is 0 Å². The van der Waals surface area contributed by atoms with Gasteiger partial charge in [-0.2, -0.15) is 0 Å². The largest absolute Gasteiger partial charge is 0.492 e. The van der Waals surface area contributed by atoms with Crippen LogP contribution in [0.3, 0.4) is 0 Å². The molecule has 0 bridgehead atoms. The zero-order valence-electron chi connectivity index (χ0n) is 12.9. The molecule has 0 atom stereocenters. The lowest BCUT2D eigenvalue weighted by Gasteiger charge is -2.15. The fraction of sp³-hybridized carbons (Fsp3) is 0.333. The molecule has 3 rings (SSSR count). The number of rotatable bonds is 4. The van der Waals surface area contributed by atoms with Gasteiger partial charge in [0.15, 0.2) is 11.3 Å². The molecule has 0 aliphatic rings. The first-order chi connectivity index (χ1) is 10.2. The Morgan fingerprint density at radius 1 is 1.10 bits per heavy atom. The Balaban J connectivity index is 2.50. The Labute approximate surface area is 124 Å². The van der Waals surface area contributed by atoms with E-state index in [1.807, 2.05) is 13.0 Å². The first-order valence-corrected chi connectivity index (χ1v) is 7.22. The van der Waals surface area contributed by atoms with Gasteiger partial charge < -0.3 is 13.9 Å². The van der Waals surface area contributed by atoms with Crippen LogP contribution in [-0.4, -0.2) is 13.7 Å². The molecule has 0 saturated carbocycles. The number of benzene rings is 2. The summed E-state index contributed by atoms with van der Waals surface area (Å²) in [4.78, 5) is 0. The zero-order chi connectivity index (χ0) is 15.0. The van der Waals surface area contributed by atoms with Gasteiger partial charge in [-0.3, -0.25) is 0 Å². The zero-order valence-corrected chi connectivity index (χ0v) is 12.9. The molecule has 3 nitrogen and oxygen atoms in total. The quantitative estimate of drug-likeness (QED) is 0.693. The molecular formula is C18H20O3. The van der Waals surface area contributed by atoms with Gasteiger partial charge in [0, 0.05) is 17.4 Å². The van der Waals surface area contributed by atoms with Gasteiger partial charge >= 0.3 is 0 Å². The van der Waals surface area contributed by atoms with Crippen LogP contribution in [0.15, 0.2) is 28.9 Å². The molecule has 2 aromatic carbocycles. The van der Waals surface area contributed by atoms with Gasteiger partial charge in [-0.05, 0) is 42.8 Å². The Bertz CT molecular complexity index is 799. The lowest BCUT2D eigenvalue weighted by Crippen LogP contribution is -1.98. The van der Waals surface area contributed by atoms with E-state index in [2.05, 4.69) is 26.0 Å². The summed E-state index contributed by atoms with van der Waals surface area (Å²) in [7, 11) is 1.69. The summed E-state index contributed by atoms with van der Waals surface area (Å²) in [5, 5.41) is 3.40. The Kier molecular flexibility index (Phi) is 3.60. The highest BCUT2D eigenvalue weighted by Gasteiger charge is 2.20. The minimum atomic E-state index is 0.582. The fourth-order valence-electron chi connectivity index (χ4n) is 3.04. The molecule has 1 aromatic heterocycles. The fourth-order valence-corrected chi connectivity index (χ4v) is 3.04. The molecule has 0 unspecified atom stereocenters. The molecule has 110 valence electrons. The van der Waals surface area contributed by atoms with Crippen LogP contribution in [0, 0.1) is 13.8 Å². The molecule has 0 aliphatic heterocycles. The molecule has 0 N–H and O–H groups in total. The summed E-state index contributed by atoms with van der Waals surface area (Å²) in [6.07, 6.45) is 1.79. The van der Waals surface area contributed by atoms with Gasteiger partial charge in [0.25, 0.3) is 0 Å². The monoisotopic (exact) mass is 284 g/mol. The van der Waals surface area contributed by atoms with Crippen LogP contribution in [0.25, 0.3) is 21.7 Å². The topological polar surface area (TPSA) is 31.6 Å². The van der Waals surface area contributed by atoms with Crippen molar-refractivity contribution in [2.24, 2.45) is 0 Å². The molecule has 3 aromatic rings. The summed E-state index contributed by atoms with van der Waals surface area (Å²) >= 11 is 0. The Morgan fingerprint density at radius 2 is 1.90 bits per heavy atom. The standard InChI is InChI=1S/C18H20O3/c1-5-20-10-14-15-11(2)7-6-8-13(15)17(19-4)18-16(14)12(3)9-21-18/h6-9H,5,10H2,1-4H3. The maximum absolute atomic E-state index is 5.76. The molecule has 3 heteroatoms. The van der Waals surface area contributed by atoms with Crippen LogP contribution in [0.2, 0.25) is 0 Å². The number of hydrogen-bond acceptors (Lipinski definition) is 3. The van der Waals surface area contributed by atoms with E-state index in [4.69, 9.17) is 13.9 Å². The maximum atomic E-state index is 5.76. The average molecular weight is 284 g/mol. The first-order valence-electron chi connectivity index (χ1n) is 7.22. The second-order valence-corrected chi connectivity index (χ2v) is 5.27. The van der Waals surface area contributed by atoms with E-state index in [9.17, 15) is 0 Å². The average Bonchev–Trinajstić information content (AvgIpc) is 2.86. The smallest absolute Gasteiger partial charge is 0.176 e. The minimum Gasteiger partial charge on any atom is -0.492 e. The van der Waals surface area contributed by atoms with Crippen molar-refractivity contribution in [3.05, 3.63) is 41.2 Å². The number of ether oxygens (including phenoxy) is 2. The highest BCUT2D eigenvalue weighted by molar-refractivity contribution is 6.08. The van der Waals surface area contributed by atoms with Crippen molar-refractivity contribution >= 4 is 21.7 Å². The van der Waals surface area contributed by atoms with E-state index in [1.165, 1.54) is 16.5 Å². The van der Waals surface area contributed by atoms with Gasteiger partial charge in [0.2, 0.25) is 0 Å². The van der Waals surface area contributed by atoms with Crippen molar-refractivity contribution in [1.82, 2.24) is 0 Å². The predicted octanol–water partition coefficient (Wildman–Crippen LogP) is 4.75. The Morgan fingerprint density at radius 3 is 2.62 bits per heavy atom. The number of hydrogen-bond donors (Lipinski definition) is 0. The summed E-state index contributed by atoms with van der Waals surface area (Å²) in [5.41, 5.74) is 4.33. The van der Waals surface area contributed by atoms with Crippen molar-refractivity contribution in [2.45, 2.75) is 27.4 Å². The van der Waals surface area contributed by atoms with E-state index in [-0.39, 0.29) is 0 Å². The summed E-state index contributed by atoms with van der Waals surface area (Å²) in [6.45, 7) is 7.47. The highest BCUT2D eigenvalue weighted by atomic mass is 16.5. The Hall–Kier alpha value is -2.00. The van der Waals surface area contributed by atoms with Gasteiger partial charge in [0.05, 0.1) is 20.0 Å². The van der Waals surface area contributed by atoms with Crippen molar-refractivity contribution < 1.29 is 13.9 Å². The normalized spacial score (nSPS) is 11.4. The second-order valence-electron chi connectivity index (χ2n) is 5.27. The van der Waals surface area contributed by atoms with E-state index in [0.717, 1.165) is 27.7 Å².